The number of thioether (sulfide) groups is 1. The van der Waals surface area contributed by atoms with Crippen molar-refractivity contribution in [3.8, 4) is 11.5 Å². The van der Waals surface area contributed by atoms with Gasteiger partial charge in [0.1, 0.15) is 0 Å². The van der Waals surface area contributed by atoms with Crippen LogP contribution >= 0.6 is 11.8 Å². The zero-order chi connectivity index (χ0) is 21.5. The molecule has 156 valence electrons. The van der Waals surface area contributed by atoms with Crippen molar-refractivity contribution in [2.24, 2.45) is 5.10 Å². The number of methoxy groups -OCH3 is 1. The van der Waals surface area contributed by atoms with Crippen molar-refractivity contribution in [2.45, 2.75) is 12.1 Å². The summed E-state index contributed by atoms with van der Waals surface area (Å²) in [5.74, 6) is 6.47. The maximum absolute atomic E-state index is 12.1. The van der Waals surface area contributed by atoms with Gasteiger partial charge in [-0.05, 0) is 48.4 Å². The zero-order valence-corrected chi connectivity index (χ0v) is 17.2. The highest BCUT2D eigenvalue weighted by atomic mass is 32.2. The second kappa shape index (κ2) is 9.65. The van der Waals surface area contributed by atoms with Gasteiger partial charge in [-0.15, -0.1) is 10.2 Å². The first-order valence-corrected chi connectivity index (χ1v) is 9.80. The number of aromatic hydroxyl groups is 1. The number of carbonyl (C=O) groups excluding carboxylic acids is 1. The predicted octanol–water partition coefficient (Wildman–Crippen LogP) is 2.19. The number of hydrazone groups is 1. The van der Waals surface area contributed by atoms with E-state index in [0.717, 1.165) is 23.0 Å². The van der Waals surface area contributed by atoms with Gasteiger partial charge in [0.15, 0.2) is 11.5 Å². The molecule has 1 amide bonds. The first-order chi connectivity index (χ1) is 14.5. The number of nitrogens with two attached hydrogens (primary N) is 1. The fraction of sp³-hybridized carbons (Fsp3) is 0.158. The number of nitrogens with one attached hydrogen (secondary N) is 2. The number of hydrogen-bond donors (Lipinski definition) is 4. The molecule has 2 aromatic carbocycles. The quantitative estimate of drug-likeness (QED) is 0.186. The first kappa shape index (κ1) is 21.0. The highest BCUT2D eigenvalue weighted by Gasteiger charge is 2.12. The van der Waals surface area contributed by atoms with Crippen LogP contribution in [0.4, 0.5) is 11.6 Å². The topological polar surface area (TPSA) is 140 Å². The average Bonchev–Trinajstić information content (AvgIpc) is 3.06. The molecular formula is C19H21N7O3S. The van der Waals surface area contributed by atoms with E-state index in [9.17, 15) is 9.90 Å². The average molecular weight is 427 g/mol. The molecule has 0 aliphatic carbocycles. The molecule has 0 spiro atoms. The summed E-state index contributed by atoms with van der Waals surface area (Å²) in [5, 5.41) is 24.8. The van der Waals surface area contributed by atoms with E-state index >= 15 is 0 Å². The Balaban J connectivity index is 1.54. The third-order valence-corrected chi connectivity index (χ3v) is 4.82. The molecule has 0 saturated heterocycles. The van der Waals surface area contributed by atoms with E-state index in [4.69, 9.17) is 10.6 Å². The van der Waals surface area contributed by atoms with Crippen molar-refractivity contribution in [3.05, 3.63) is 53.6 Å². The Morgan fingerprint density at radius 3 is 2.90 bits per heavy atom. The summed E-state index contributed by atoms with van der Waals surface area (Å²) in [5.41, 5.74) is 5.11. The highest BCUT2D eigenvalue weighted by molar-refractivity contribution is 7.99. The van der Waals surface area contributed by atoms with Crippen LogP contribution in [0.2, 0.25) is 0 Å². The number of aromatic nitrogens is 3. The summed E-state index contributed by atoms with van der Waals surface area (Å²) < 4.78 is 6.19. The summed E-state index contributed by atoms with van der Waals surface area (Å²) in [6, 6.07) is 12.4. The molecule has 0 fully saturated rings. The molecule has 0 aliphatic rings. The van der Waals surface area contributed by atoms with Crippen molar-refractivity contribution in [3.63, 3.8) is 0 Å². The lowest BCUT2D eigenvalue weighted by atomic mass is 10.2. The number of carbonyl (C=O) groups is 1. The van der Waals surface area contributed by atoms with E-state index in [1.165, 1.54) is 24.1 Å². The number of amides is 1. The Hall–Kier alpha value is -3.73. The summed E-state index contributed by atoms with van der Waals surface area (Å²) >= 11 is 1.15. The smallest absolute Gasteiger partial charge is 0.264 e. The molecule has 1 heterocycles. The summed E-state index contributed by atoms with van der Waals surface area (Å²) in [6.07, 6.45) is 1.48. The molecule has 0 atom stereocenters. The van der Waals surface area contributed by atoms with Crippen molar-refractivity contribution in [1.29, 1.82) is 0 Å². The number of ether oxygens (including phenoxy) is 1. The van der Waals surface area contributed by atoms with Crippen LogP contribution in [0, 0.1) is 6.92 Å². The number of hydrogen-bond acceptors (Lipinski definition) is 9. The number of benzene rings is 2. The van der Waals surface area contributed by atoms with Gasteiger partial charge in [0.05, 0.1) is 19.1 Å². The Kier molecular flexibility index (Phi) is 6.75. The van der Waals surface area contributed by atoms with Crippen LogP contribution in [0.25, 0.3) is 0 Å². The fourth-order valence-corrected chi connectivity index (χ4v) is 3.11. The molecule has 0 aliphatic heterocycles. The normalized spacial score (nSPS) is 10.9. The summed E-state index contributed by atoms with van der Waals surface area (Å²) in [4.78, 5) is 12.1. The van der Waals surface area contributed by atoms with Crippen molar-refractivity contribution in [1.82, 2.24) is 14.9 Å². The van der Waals surface area contributed by atoms with Crippen LogP contribution < -0.4 is 21.3 Å². The molecule has 0 radical (unpaired) electrons. The number of nitrogen functional groups attached to an aromatic ring is 1. The van der Waals surface area contributed by atoms with Gasteiger partial charge in [0, 0.05) is 5.69 Å². The number of phenols is 1. The largest absolute Gasteiger partial charge is 0.504 e. The van der Waals surface area contributed by atoms with Gasteiger partial charge < -0.3 is 21.0 Å². The second-order valence-corrected chi connectivity index (χ2v) is 7.13. The minimum absolute atomic E-state index is 0.00562. The van der Waals surface area contributed by atoms with Gasteiger partial charge in [0.25, 0.3) is 5.95 Å². The van der Waals surface area contributed by atoms with Gasteiger partial charge in [-0.3, -0.25) is 4.79 Å². The van der Waals surface area contributed by atoms with Crippen LogP contribution in [0.15, 0.2) is 52.7 Å². The zero-order valence-electron chi connectivity index (χ0n) is 16.4. The van der Waals surface area contributed by atoms with Crippen LogP contribution in [-0.4, -0.2) is 45.0 Å². The Labute approximate surface area is 177 Å². The van der Waals surface area contributed by atoms with E-state index in [1.54, 1.807) is 12.1 Å². The second-order valence-electron chi connectivity index (χ2n) is 6.18. The molecular weight excluding hydrogens is 406 g/mol. The number of nitrogens with zero attached hydrogens (tertiary/aromatic N) is 4. The maximum atomic E-state index is 12.1. The molecule has 10 nitrogen and oxygen atoms in total. The highest BCUT2D eigenvalue weighted by Crippen LogP contribution is 2.25. The minimum atomic E-state index is -0.180. The lowest BCUT2D eigenvalue weighted by molar-refractivity contribution is -0.113. The van der Waals surface area contributed by atoms with Gasteiger partial charge in [-0.25, -0.2) is 10.1 Å². The number of phenolic OH excluding ortho intramolecular Hbond substituents is 1. The van der Waals surface area contributed by atoms with Crippen LogP contribution in [-0.2, 0) is 4.79 Å². The first-order valence-electron chi connectivity index (χ1n) is 8.82. The molecule has 0 unspecified atom stereocenters. The monoisotopic (exact) mass is 427 g/mol. The molecule has 1 aromatic heterocycles. The molecule has 0 saturated carbocycles. The Morgan fingerprint density at radius 2 is 2.17 bits per heavy atom. The van der Waals surface area contributed by atoms with E-state index in [0.29, 0.717) is 16.5 Å². The lowest BCUT2D eigenvalue weighted by Gasteiger charge is -2.06. The molecule has 0 bridgehead atoms. The molecule has 5 N–H and O–H groups in total. The van der Waals surface area contributed by atoms with Gasteiger partial charge in [-0.1, -0.05) is 23.9 Å². The van der Waals surface area contributed by atoms with Crippen LogP contribution in [0.5, 0.6) is 11.5 Å². The van der Waals surface area contributed by atoms with Gasteiger partial charge >= 0.3 is 0 Å². The predicted molar refractivity (Wildman–Crippen MR) is 117 cm³/mol. The summed E-state index contributed by atoms with van der Waals surface area (Å²) in [7, 11) is 1.47. The fourth-order valence-electron chi connectivity index (χ4n) is 2.45. The SMILES string of the molecule is COc1ccc(/C=N/Nc2nnc(SCC(=O)Nc3cccc(C)c3)n2N)cc1O. The van der Waals surface area contributed by atoms with Crippen LogP contribution in [0.3, 0.4) is 0 Å². The van der Waals surface area contributed by atoms with E-state index in [-0.39, 0.29) is 23.4 Å². The van der Waals surface area contributed by atoms with E-state index in [2.05, 4.69) is 26.0 Å². The Bertz CT molecular complexity index is 1070. The van der Waals surface area contributed by atoms with Gasteiger partial charge in [-0.2, -0.15) is 5.10 Å². The van der Waals surface area contributed by atoms with Gasteiger partial charge in [0.2, 0.25) is 11.1 Å². The number of aryl methyl sites for hydroxylation is 1. The minimum Gasteiger partial charge on any atom is -0.504 e. The van der Waals surface area contributed by atoms with Crippen molar-refractivity contribution < 1.29 is 14.6 Å². The molecule has 3 aromatic rings. The van der Waals surface area contributed by atoms with Crippen LogP contribution in [0.1, 0.15) is 11.1 Å². The third kappa shape index (κ3) is 5.41. The lowest BCUT2D eigenvalue weighted by Crippen LogP contribution is -2.16. The third-order valence-electron chi connectivity index (χ3n) is 3.88. The molecule has 30 heavy (non-hydrogen) atoms. The molecule has 3 rings (SSSR count). The maximum Gasteiger partial charge on any atom is 0.264 e. The number of anilines is 2. The van der Waals surface area contributed by atoms with E-state index in [1.807, 2.05) is 31.2 Å². The molecule has 11 heteroatoms. The van der Waals surface area contributed by atoms with E-state index < -0.39 is 0 Å². The van der Waals surface area contributed by atoms with Crippen molar-refractivity contribution >= 4 is 35.5 Å². The number of rotatable bonds is 8. The standard InChI is InChI=1S/C19H21N7O3S/c1-12-4-3-5-14(8-12)22-17(28)11-30-19-25-24-18(26(19)20)23-21-10-13-6-7-16(29-2)15(27)9-13/h3-10,27H,11,20H2,1-2H3,(H,22,28)(H,23,24)/b21-10+. The summed E-state index contributed by atoms with van der Waals surface area (Å²) in [6.45, 7) is 1.95. The Morgan fingerprint density at radius 1 is 1.33 bits per heavy atom. The van der Waals surface area contributed by atoms with Crippen molar-refractivity contribution in [2.75, 3.05) is 29.4 Å².